The van der Waals surface area contributed by atoms with Gasteiger partial charge in [-0.2, -0.15) is 0 Å². The number of hydrogen-bond acceptors (Lipinski definition) is 4. The van der Waals surface area contributed by atoms with E-state index in [4.69, 9.17) is 9.47 Å². The molecular weight excluding hydrogens is 329 g/mol. The predicted octanol–water partition coefficient (Wildman–Crippen LogP) is 2.53. The van der Waals surface area contributed by atoms with Gasteiger partial charge in [0.15, 0.2) is 5.96 Å². The van der Waals surface area contributed by atoms with E-state index in [1.54, 1.807) is 31.0 Å². The fourth-order valence-electron chi connectivity index (χ4n) is 1.80. The lowest BCUT2D eigenvalue weighted by molar-refractivity contribution is 0.0733. The van der Waals surface area contributed by atoms with Gasteiger partial charge in [0, 0.05) is 31.6 Å². The highest BCUT2D eigenvalue weighted by atomic mass is 32.2. The van der Waals surface area contributed by atoms with Gasteiger partial charge in [-0.25, -0.2) is 4.39 Å². The van der Waals surface area contributed by atoms with Crippen molar-refractivity contribution in [2.45, 2.75) is 18.2 Å². The lowest BCUT2D eigenvalue weighted by atomic mass is 10.4. The molecule has 0 bridgehead atoms. The van der Waals surface area contributed by atoms with Crippen molar-refractivity contribution in [3.8, 4) is 0 Å². The number of aliphatic imine (C=N–C) groups is 1. The molecule has 0 heterocycles. The van der Waals surface area contributed by atoms with Gasteiger partial charge in [0.05, 0.1) is 19.8 Å². The molecule has 136 valence electrons. The first kappa shape index (κ1) is 20.7. The molecule has 0 radical (unpaired) electrons. The Morgan fingerprint density at radius 3 is 2.67 bits per heavy atom. The van der Waals surface area contributed by atoms with E-state index < -0.39 is 0 Å². The van der Waals surface area contributed by atoms with E-state index >= 15 is 0 Å². The Bertz CT molecular complexity index is 458. The molecule has 0 spiro atoms. The number of thioether (sulfide) groups is 1. The van der Waals surface area contributed by atoms with Gasteiger partial charge in [0.25, 0.3) is 0 Å². The molecular formula is C17H28FN3O2S. The average molecular weight is 357 g/mol. The number of halogens is 1. The van der Waals surface area contributed by atoms with E-state index in [1.807, 2.05) is 6.92 Å². The minimum absolute atomic E-state index is 0.198. The molecule has 0 saturated carbocycles. The summed E-state index contributed by atoms with van der Waals surface area (Å²) in [4.78, 5) is 5.62. The number of rotatable bonds is 12. The number of ether oxygens (including phenoxy) is 2. The van der Waals surface area contributed by atoms with Crippen molar-refractivity contribution in [2.24, 2.45) is 4.99 Å². The maximum atomic E-state index is 12.8. The predicted molar refractivity (Wildman–Crippen MR) is 98.4 cm³/mol. The monoisotopic (exact) mass is 357 g/mol. The molecule has 1 rings (SSSR count). The molecule has 7 heteroatoms. The summed E-state index contributed by atoms with van der Waals surface area (Å²) in [6.07, 6.45) is 0.961. The average Bonchev–Trinajstić information content (AvgIpc) is 2.59. The van der Waals surface area contributed by atoms with Gasteiger partial charge in [-0.3, -0.25) is 4.99 Å². The number of nitrogens with one attached hydrogen (secondary N) is 2. The third-order valence-electron chi connectivity index (χ3n) is 2.97. The first-order valence-corrected chi connectivity index (χ1v) is 9.22. The molecule has 0 saturated heterocycles. The lowest BCUT2D eigenvalue weighted by Crippen LogP contribution is -2.39. The van der Waals surface area contributed by atoms with Crippen LogP contribution in [0.5, 0.6) is 0 Å². The molecule has 0 fully saturated rings. The quantitative estimate of drug-likeness (QED) is 0.261. The molecule has 1 aromatic carbocycles. The number of benzene rings is 1. The van der Waals surface area contributed by atoms with E-state index in [-0.39, 0.29) is 5.82 Å². The van der Waals surface area contributed by atoms with E-state index in [0.29, 0.717) is 26.4 Å². The number of methoxy groups -OCH3 is 1. The molecule has 0 aliphatic heterocycles. The molecule has 24 heavy (non-hydrogen) atoms. The van der Waals surface area contributed by atoms with Crippen molar-refractivity contribution in [1.29, 1.82) is 0 Å². The Kier molecular flexibility index (Phi) is 12.2. The molecule has 5 nitrogen and oxygen atoms in total. The molecule has 0 aromatic heterocycles. The van der Waals surface area contributed by atoms with Gasteiger partial charge in [-0.15, -0.1) is 11.8 Å². The van der Waals surface area contributed by atoms with Crippen molar-refractivity contribution in [3.63, 3.8) is 0 Å². The smallest absolute Gasteiger partial charge is 0.191 e. The zero-order valence-corrected chi connectivity index (χ0v) is 15.3. The highest BCUT2D eigenvalue weighted by molar-refractivity contribution is 7.99. The lowest BCUT2D eigenvalue weighted by Gasteiger charge is -2.11. The van der Waals surface area contributed by atoms with Crippen molar-refractivity contribution < 1.29 is 13.9 Å². The summed E-state index contributed by atoms with van der Waals surface area (Å²) >= 11 is 1.71. The minimum Gasteiger partial charge on any atom is -0.382 e. The second kappa shape index (κ2) is 14.1. The van der Waals surface area contributed by atoms with Crippen LogP contribution in [0.2, 0.25) is 0 Å². The number of guanidine groups is 1. The SMILES string of the molecule is CCNC(=NCCCSc1ccc(F)cc1)NCCOCCOC. The van der Waals surface area contributed by atoms with Crippen LogP contribution in [0.25, 0.3) is 0 Å². The van der Waals surface area contributed by atoms with Gasteiger partial charge in [-0.05, 0) is 43.4 Å². The fraction of sp³-hybridized carbons (Fsp3) is 0.588. The molecule has 0 amide bonds. The zero-order valence-electron chi connectivity index (χ0n) is 14.5. The van der Waals surface area contributed by atoms with Crippen LogP contribution in [0, 0.1) is 5.82 Å². The fourth-order valence-corrected chi connectivity index (χ4v) is 2.64. The van der Waals surface area contributed by atoms with E-state index in [2.05, 4.69) is 15.6 Å². The molecule has 0 atom stereocenters. The van der Waals surface area contributed by atoms with Crippen LogP contribution >= 0.6 is 11.8 Å². The summed E-state index contributed by atoms with van der Waals surface area (Å²) in [7, 11) is 1.66. The first-order valence-electron chi connectivity index (χ1n) is 8.23. The number of hydrogen-bond donors (Lipinski definition) is 2. The zero-order chi connectivity index (χ0) is 17.5. The van der Waals surface area contributed by atoms with Crippen LogP contribution in [-0.2, 0) is 9.47 Å². The van der Waals surface area contributed by atoms with Crippen LogP contribution in [0.3, 0.4) is 0 Å². The second-order valence-corrected chi connectivity index (χ2v) is 6.12. The summed E-state index contributed by atoms with van der Waals surface area (Å²) in [5, 5.41) is 6.45. The molecule has 0 aliphatic rings. The van der Waals surface area contributed by atoms with Crippen molar-refractivity contribution in [3.05, 3.63) is 30.1 Å². The Morgan fingerprint density at radius 1 is 1.17 bits per heavy atom. The molecule has 2 N–H and O–H groups in total. The van der Waals surface area contributed by atoms with Crippen LogP contribution in [0.1, 0.15) is 13.3 Å². The summed E-state index contributed by atoms with van der Waals surface area (Å²) in [5.41, 5.74) is 0. The standard InChI is InChI=1S/C17H28FN3O2S/c1-3-19-17(21-10-11-23-13-12-22-2)20-9-4-14-24-16-7-5-15(18)6-8-16/h5-8H,3-4,9-14H2,1-2H3,(H2,19,20,21). The first-order chi connectivity index (χ1) is 11.8. The molecule has 0 aliphatic carbocycles. The van der Waals surface area contributed by atoms with Crippen molar-refractivity contribution in [2.75, 3.05) is 52.3 Å². The summed E-state index contributed by atoms with van der Waals surface area (Å²) in [5.74, 6) is 1.56. The topological polar surface area (TPSA) is 54.9 Å². The summed E-state index contributed by atoms with van der Waals surface area (Å²) in [6, 6.07) is 6.59. The van der Waals surface area contributed by atoms with Gasteiger partial charge >= 0.3 is 0 Å². The van der Waals surface area contributed by atoms with Crippen LogP contribution < -0.4 is 10.6 Å². The van der Waals surface area contributed by atoms with Gasteiger partial charge in [0.2, 0.25) is 0 Å². The van der Waals surface area contributed by atoms with Gasteiger partial charge < -0.3 is 20.1 Å². The third-order valence-corrected chi connectivity index (χ3v) is 4.07. The van der Waals surface area contributed by atoms with Crippen LogP contribution in [-0.4, -0.2) is 58.3 Å². The summed E-state index contributed by atoms with van der Waals surface area (Å²) < 4.78 is 23.1. The van der Waals surface area contributed by atoms with Crippen molar-refractivity contribution >= 4 is 17.7 Å². The van der Waals surface area contributed by atoms with E-state index in [9.17, 15) is 4.39 Å². The molecule has 1 aromatic rings. The largest absolute Gasteiger partial charge is 0.382 e. The Hall–Kier alpha value is -1.31. The van der Waals surface area contributed by atoms with E-state index in [1.165, 1.54) is 12.1 Å². The summed E-state index contributed by atoms with van der Waals surface area (Å²) in [6.45, 7) is 6.14. The highest BCUT2D eigenvalue weighted by Gasteiger charge is 1.98. The van der Waals surface area contributed by atoms with Crippen molar-refractivity contribution in [1.82, 2.24) is 10.6 Å². The highest BCUT2D eigenvalue weighted by Crippen LogP contribution is 2.18. The third kappa shape index (κ3) is 10.5. The van der Waals surface area contributed by atoms with Gasteiger partial charge in [0.1, 0.15) is 5.82 Å². The molecule has 0 unspecified atom stereocenters. The van der Waals surface area contributed by atoms with Crippen LogP contribution in [0.15, 0.2) is 34.2 Å². The van der Waals surface area contributed by atoms with E-state index in [0.717, 1.165) is 36.1 Å². The minimum atomic E-state index is -0.198. The Morgan fingerprint density at radius 2 is 1.96 bits per heavy atom. The normalized spacial score (nSPS) is 11.5. The van der Waals surface area contributed by atoms with Crippen LogP contribution in [0.4, 0.5) is 4.39 Å². The maximum Gasteiger partial charge on any atom is 0.191 e. The Balaban J connectivity index is 2.16. The number of nitrogens with zero attached hydrogens (tertiary/aromatic N) is 1. The Labute approximate surface area is 148 Å². The second-order valence-electron chi connectivity index (χ2n) is 4.95. The maximum absolute atomic E-state index is 12.8. The van der Waals surface area contributed by atoms with Gasteiger partial charge in [-0.1, -0.05) is 0 Å².